The fourth-order valence-corrected chi connectivity index (χ4v) is 3.40. The van der Waals surface area contributed by atoms with E-state index in [1.54, 1.807) is 6.07 Å². The molecule has 1 N–H and O–H groups in total. The lowest BCUT2D eigenvalue weighted by molar-refractivity contribution is 0.0702. The molecular formula is C15H15NO2S. The van der Waals surface area contributed by atoms with Gasteiger partial charge in [-0.25, -0.2) is 4.79 Å². The minimum Gasteiger partial charge on any atom is -0.477 e. The highest BCUT2D eigenvalue weighted by Gasteiger charge is 2.17. The number of anilines is 1. The first-order valence-corrected chi connectivity index (χ1v) is 7.20. The van der Waals surface area contributed by atoms with Gasteiger partial charge < -0.3 is 10.0 Å². The second-order valence-electron chi connectivity index (χ2n) is 4.72. The number of para-hydroxylation sites is 1. The van der Waals surface area contributed by atoms with Gasteiger partial charge >= 0.3 is 5.97 Å². The lowest BCUT2D eigenvalue weighted by Crippen LogP contribution is -2.28. The molecule has 0 unspecified atom stereocenters. The van der Waals surface area contributed by atoms with Crippen LogP contribution in [0.2, 0.25) is 0 Å². The third-order valence-corrected chi connectivity index (χ3v) is 4.48. The lowest BCUT2D eigenvalue weighted by atomic mass is 10.0. The van der Waals surface area contributed by atoms with Gasteiger partial charge in [-0.1, -0.05) is 18.2 Å². The van der Waals surface area contributed by atoms with Crippen LogP contribution in [-0.4, -0.2) is 17.6 Å². The number of aryl methyl sites for hydroxylation is 1. The van der Waals surface area contributed by atoms with Crippen LogP contribution in [-0.2, 0) is 13.0 Å². The van der Waals surface area contributed by atoms with Crippen molar-refractivity contribution in [2.75, 3.05) is 11.4 Å². The summed E-state index contributed by atoms with van der Waals surface area (Å²) >= 11 is 1.37. The average molecular weight is 273 g/mol. The average Bonchev–Trinajstić information content (AvgIpc) is 2.88. The fraction of sp³-hybridized carbons (Fsp3) is 0.267. The van der Waals surface area contributed by atoms with E-state index < -0.39 is 5.97 Å². The summed E-state index contributed by atoms with van der Waals surface area (Å²) in [6, 6.07) is 12.1. The first-order valence-electron chi connectivity index (χ1n) is 6.39. The summed E-state index contributed by atoms with van der Waals surface area (Å²) in [5, 5.41) is 8.96. The standard InChI is InChI=1S/C15H15NO2S/c17-15(18)14-8-7-12(19-14)10-16-9-3-5-11-4-1-2-6-13(11)16/h1-2,4,6-8H,3,5,9-10H2,(H,17,18). The summed E-state index contributed by atoms with van der Waals surface area (Å²) in [6.45, 7) is 1.84. The molecule has 0 aliphatic carbocycles. The highest BCUT2D eigenvalue weighted by atomic mass is 32.1. The molecule has 4 heteroatoms. The zero-order valence-electron chi connectivity index (χ0n) is 10.5. The van der Waals surface area contributed by atoms with E-state index in [-0.39, 0.29) is 0 Å². The molecule has 19 heavy (non-hydrogen) atoms. The Kier molecular flexibility index (Phi) is 3.25. The number of fused-ring (bicyclic) bond motifs is 1. The predicted molar refractivity (Wildman–Crippen MR) is 77.1 cm³/mol. The number of nitrogens with zero attached hydrogens (tertiary/aromatic N) is 1. The Morgan fingerprint density at radius 3 is 2.89 bits per heavy atom. The third-order valence-electron chi connectivity index (χ3n) is 3.43. The van der Waals surface area contributed by atoms with E-state index in [0.717, 1.165) is 30.8 Å². The SMILES string of the molecule is O=C(O)c1ccc(CN2CCCc3ccccc32)s1. The van der Waals surface area contributed by atoms with Crippen LogP contribution in [0.15, 0.2) is 36.4 Å². The number of aromatic carboxylic acids is 1. The number of thiophene rings is 1. The topological polar surface area (TPSA) is 40.5 Å². The van der Waals surface area contributed by atoms with Gasteiger partial charge in [-0.05, 0) is 36.6 Å². The van der Waals surface area contributed by atoms with Gasteiger partial charge in [0.25, 0.3) is 0 Å². The number of carboxylic acids is 1. The molecule has 0 atom stereocenters. The van der Waals surface area contributed by atoms with Crippen molar-refractivity contribution < 1.29 is 9.90 Å². The number of rotatable bonds is 3. The monoisotopic (exact) mass is 273 g/mol. The van der Waals surface area contributed by atoms with Gasteiger partial charge in [0, 0.05) is 17.1 Å². The fourth-order valence-electron chi connectivity index (χ4n) is 2.54. The van der Waals surface area contributed by atoms with Gasteiger partial charge in [0.05, 0.1) is 6.54 Å². The summed E-state index contributed by atoms with van der Waals surface area (Å²) < 4.78 is 0. The van der Waals surface area contributed by atoms with E-state index in [2.05, 4.69) is 29.2 Å². The van der Waals surface area contributed by atoms with Crippen LogP contribution >= 0.6 is 11.3 Å². The molecule has 1 aromatic heterocycles. The molecule has 2 aromatic rings. The Morgan fingerprint density at radius 2 is 2.11 bits per heavy atom. The van der Waals surface area contributed by atoms with Crippen molar-refractivity contribution in [3.63, 3.8) is 0 Å². The Morgan fingerprint density at radius 1 is 1.26 bits per heavy atom. The van der Waals surface area contributed by atoms with Crippen LogP contribution in [0, 0.1) is 0 Å². The van der Waals surface area contributed by atoms with Crippen molar-refractivity contribution in [3.05, 3.63) is 51.7 Å². The normalized spacial score (nSPS) is 14.2. The van der Waals surface area contributed by atoms with Crippen LogP contribution in [0.25, 0.3) is 0 Å². The first-order chi connectivity index (χ1) is 9.24. The molecule has 0 saturated carbocycles. The molecule has 0 amide bonds. The predicted octanol–water partition coefficient (Wildman–Crippen LogP) is 3.40. The van der Waals surface area contributed by atoms with Crippen molar-refractivity contribution in [1.82, 2.24) is 0 Å². The van der Waals surface area contributed by atoms with Gasteiger partial charge in [-0.2, -0.15) is 0 Å². The van der Waals surface area contributed by atoms with E-state index in [0.29, 0.717) is 4.88 Å². The van der Waals surface area contributed by atoms with E-state index in [1.165, 1.54) is 22.6 Å². The molecule has 1 aliphatic heterocycles. The molecule has 0 fully saturated rings. The molecule has 0 spiro atoms. The molecule has 3 nitrogen and oxygen atoms in total. The zero-order valence-corrected chi connectivity index (χ0v) is 11.3. The van der Waals surface area contributed by atoms with Gasteiger partial charge in [-0.3, -0.25) is 0 Å². The zero-order chi connectivity index (χ0) is 13.2. The molecule has 98 valence electrons. The maximum atomic E-state index is 10.9. The lowest BCUT2D eigenvalue weighted by Gasteiger charge is -2.30. The van der Waals surface area contributed by atoms with Gasteiger partial charge in [-0.15, -0.1) is 11.3 Å². The molecular weight excluding hydrogens is 258 g/mol. The van der Waals surface area contributed by atoms with Crippen LogP contribution in [0.1, 0.15) is 26.5 Å². The highest BCUT2D eigenvalue weighted by Crippen LogP contribution is 2.29. The second kappa shape index (κ2) is 5.05. The van der Waals surface area contributed by atoms with Gasteiger partial charge in [0.2, 0.25) is 0 Å². The number of benzene rings is 1. The van der Waals surface area contributed by atoms with Crippen LogP contribution in [0.5, 0.6) is 0 Å². The quantitative estimate of drug-likeness (QED) is 0.931. The first kappa shape index (κ1) is 12.2. The second-order valence-corrected chi connectivity index (χ2v) is 5.89. The Balaban J connectivity index is 1.82. The molecule has 1 aromatic carbocycles. The number of carbonyl (C=O) groups is 1. The maximum absolute atomic E-state index is 10.9. The molecule has 0 saturated heterocycles. The van der Waals surface area contributed by atoms with Crippen molar-refractivity contribution in [2.24, 2.45) is 0 Å². The van der Waals surface area contributed by atoms with E-state index >= 15 is 0 Å². The minimum absolute atomic E-state index is 0.417. The Hall–Kier alpha value is -1.81. The number of hydrogen-bond donors (Lipinski definition) is 1. The van der Waals surface area contributed by atoms with Crippen LogP contribution < -0.4 is 4.90 Å². The molecule has 3 rings (SSSR count). The van der Waals surface area contributed by atoms with Crippen molar-refractivity contribution in [2.45, 2.75) is 19.4 Å². The van der Waals surface area contributed by atoms with E-state index in [9.17, 15) is 4.79 Å². The van der Waals surface area contributed by atoms with Gasteiger partial charge in [0.1, 0.15) is 4.88 Å². The van der Waals surface area contributed by atoms with Gasteiger partial charge in [0.15, 0.2) is 0 Å². The summed E-state index contributed by atoms with van der Waals surface area (Å²) in [5.41, 5.74) is 2.68. The summed E-state index contributed by atoms with van der Waals surface area (Å²) in [7, 11) is 0. The smallest absolute Gasteiger partial charge is 0.345 e. The molecule has 2 heterocycles. The van der Waals surface area contributed by atoms with Crippen LogP contribution in [0.3, 0.4) is 0 Å². The number of carboxylic acid groups (broad SMARTS) is 1. The Bertz CT molecular complexity index is 606. The molecule has 0 radical (unpaired) electrons. The van der Waals surface area contributed by atoms with Crippen LogP contribution in [0.4, 0.5) is 5.69 Å². The third kappa shape index (κ3) is 2.49. The van der Waals surface area contributed by atoms with Crippen molar-refractivity contribution in [1.29, 1.82) is 0 Å². The molecule has 1 aliphatic rings. The highest BCUT2D eigenvalue weighted by molar-refractivity contribution is 7.13. The summed E-state index contributed by atoms with van der Waals surface area (Å²) in [5.74, 6) is -0.838. The maximum Gasteiger partial charge on any atom is 0.345 e. The number of hydrogen-bond acceptors (Lipinski definition) is 3. The van der Waals surface area contributed by atoms with E-state index in [1.807, 2.05) is 6.07 Å². The minimum atomic E-state index is -0.838. The van der Waals surface area contributed by atoms with E-state index in [4.69, 9.17) is 5.11 Å². The molecule has 0 bridgehead atoms. The summed E-state index contributed by atoms with van der Waals surface area (Å²) in [6.07, 6.45) is 2.30. The largest absolute Gasteiger partial charge is 0.477 e. The summed E-state index contributed by atoms with van der Waals surface area (Å²) in [4.78, 5) is 14.8. The van der Waals surface area contributed by atoms with Crippen molar-refractivity contribution >= 4 is 23.0 Å². The van der Waals surface area contributed by atoms with Crippen molar-refractivity contribution in [3.8, 4) is 0 Å². The Labute approximate surface area is 116 Å².